The molecule has 3 fully saturated rings. The molecular formula is C23H30N2O3. The van der Waals surface area contributed by atoms with E-state index in [1.807, 2.05) is 30.3 Å². The van der Waals surface area contributed by atoms with Gasteiger partial charge in [0, 0.05) is 39.0 Å². The Labute approximate surface area is 167 Å². The summed E-state index contributed by atoms with van der Waals surface area (Å²) in [5, 5.41) is 0. The highest BCUT2D eigenvalue weighted by Crippen LogP contribution is 2.41. The van der Waals surface area contributed by atoms with Crippen LogP contribution in [0.5, 0.6) is 0 Å². The van der Waals surface area contributed by atoms with E-state index < -0.39 is 0 Å². The van der Waals surface area contributed by atoms with Gasteiger partial charge in [0.25, 0.3) is 5.91 Å². The van der Waals surface area contributed by atoms with Gasteiger partial charge in [-0.2, -0.15) is 0 Å². The van der Waals surface area contributed by atoms with E-state index >= 15 is 0 Å². The topological polar surface area (TPSA) is 57.7 Å². The summed E-state index contributed by atoms with van der Waals surface area (Å²) in [5.41, 5.74) is 1.23. The highest BCUT2D eigenvalue weighted by Gasteiger charge is 2.43. The van der Waals surface area contributed by atoms with Crippen molar-refractivity contribution in [1.82, 2.24) is 9.80 Å². The lowest BCUT2D eigenvalue weighted by atomic mass is 9.72. The molecule has 2 heterocycles. The molecule has 1 saturated carbocycles. The minimum atomic E-state index is -0.326. The molecule has 3 aliphatic rings. The lowest BCUT2D eigenvalue weighted by Crippen LogP contribution is -2.53. The number of likely N-dealkylation sites (tertiary alicyclic amines) is 2. The molecule has 1 aromatic carbocycles. The average Bonchev–Trinajstić information content (AvgIpc) is 3.54. The summed E-state index contributed by atoms with van der Waals surface area (Å²) in [4.78, 5) is 41.0. The predicted molar refractivity (Wildman–Crippen MR) is 107 cm³/mol. The van der Waals surface area contributed by atoms with Crippen molar-refractivity contribution in [3.8, 4) is 0 Å². The van der Waals surface area contributed by atoms with E-state index in [0.717, 1.165) is 37.9 Å². The van der Waals surface area contributed by atoms with Gasteiger partial charge >= 0.3 is 0 Å². The Balaban J connectivity index is 1.27. The summed E-state index contributed by atoms with van der Waals surface area (Å²) in [6, 6.07) is 9.82. The van der Waals surface area contributed by atoms with Crippen LogP contribution in [0.1, 0.15) is 50.5 Å². The standard InChI is InChI=1S/C23H30N2O3/c26-20(9-8-18-4-2-1-3-5-18)22(28)24-14-12-23(13-15-24)11-10-21(27)25(17-23)16-19-6-7-19/h1-5,19H,6-17H2. The Kier molecular flexibility index (Phi) is 5.51. The van der Waals surface area contributed by atoms with Crippen LogP contribution in [0.2, 0.25) is 0 Å². The molecular weight excluding hydrogens is 352 g/mol. The van der Waals surface area contributed by atoms with Crippen LogP contribution in [-0.4, -0.2) is 53.6 Å². The van der Waals surface area contributed by atoms with Crippen molar-refractivity contribution in [2.45, 2.75) is 51.4 Å². The zero-order valence-electron chi connectivity index (χ0n) is 16.6. The second-order valence-corrected chi connectivity index (χ2v) is 8.92. The van der Waals surface area contributed by atoms with Crippen molar-refractivity contribution < 1.29 is 14.4 Å². The van der Waals surface area contributed by atoms with E-state index in [4.69, 9.17) is 0 Å². The van der Waals surface area contributed by atoms with Gasteiger partial charge in [0.1, 0.15) is 0 Å². The molecule has 1 aromatic rings. The van der Waals surface area contributed by atoms with Crippen LogP contribution >= 0.6 is 0 Å². The minimum Gasteiger partial charge on any atom is -0.342 e. The maximum Gasteiger partial charge on any atom is 0.289 e. The van der Waals surface area contributed by atoms with Gasteiger partial charge in [-0.15, -0.1) is 0 Å². The second kappa shape index (κ2) is 8.06. The Morgan fingerprint density at radius 1 is 1.04 bits per heavy atom. The molecule has 2 amide bonds. The van der Waals surface area contributed by atoms with Crippen LogP contribution in [0.15, 0.2) is 30.3 Å². The smallest absolute Gasteiger partial charge is 0.289 e. The lowest BCUT2D eigenvalue weighted by molar-refractivity contribution is -0.148. The molecule has 1 spiro atoms. The van der Waals surface area contributed by atoms with E-state index in [-0.39, 0.29) is 23.5 Å². The van der Waals surface area contributed by atoms with Crippen molar-refractivity contribution in [2.75, 3.05) is 26.2 Å². The van der Waals surface area contributed by atoms with Gasteiger partial charge in [-0.1, -0.05) is 30.3 Å². The van der Waals surface area contributed by atoms with Crippen molar-refractivity contribution in [1.29, 1.82) is 0 Å². The molecule has 0 bridgehead atoms. The number of hydrogen-bond acceptors (Lipinski definition) is 3. The van der Waals surface area contributed by atoms with Gasteiger partial charge in [0.2, 0.25) is 11.7 Å². The fourth-order valence-electron chi connectivity index (χ4n) is 4.66. The van der Waals surface area contributed by atoms with Crippen LogP contribution in [0.4, 0.5) is 0 Å². The van der Waals surface area contributed by atoms with Gasteiger partial charge < -0.3 is 9.80 Å². The summed E-state index contributed by atoms with van der Waals surface area (Å²) in [5.74, 6) is 0.400. The van der Waals surface area contributed by atoms with Gasteiger partial charge in [-0.25, -0.2) is 0 Å². The normalized spacial score (nSPS) is 21.8. The highest BCUT2D eigenvalue weighted by atomic mass is 16.2. The Hall–Kier alpha value is -2.17. The minimum absolute atomic E-state index is 0.146. The molecule has 0 radical (unpaired) electrons. The Morgan fingerprint density at radius 3 is 2.43 bits per heavy atom. The molecule has 0 aromatic heterocycles. The van der Waals surface area contributed by atoms with Gasteiger partial charge in [-0.05, 0) is 55.4 Å². The summed E-state index contributed by atoms with van der Waals surface area (Å²) in [6.07, 6.45) is 6.76. The monoisotopic (exact) mass is 382 g/mol. The van der Waals surface area contributed by atoms with Crippen molar-refractivity contribution in [3.63, 3.8) is 0 Å². The van der Waals surface area contributed by atoms with Gasteiger partial charge in [0.05, 0.1) is 0 Å². The van der Waals surface area contributed by atoms with Crippen molar-refractivity contribution >= 4 is 17.6 Å². The number of benzene rings is 1. The van der Waals surface area contributed by atoms with Gasteiger partial charge in [-0.3, -0.25) is 14.4 Å². The van der Waals surface area contributed by atoms with E-state index in [1.54, 1.807) is 4.90 Å². The molecule has 5 nitrogen and oxygen atoms in total. The average molecular weight is 383 g/mol. The molecule has 2 saturated heterocycles. The Bertz CT molecular complexity index is 733. The quantitative estimate of drug-likeness (QED) is 0.711. The van der Waals surface area contributed by atoms with E-state index in [1.165, 1.54) is 12.8 Å². The number of Topliss-reactive ketones (excluding diaryl/α,β-unsaturated/α-hetero) is 1. The third-order valence-electron chi connectivity index (χ3n) is 6.76. The van der Waals surface area contributed by atoms with E-state index in [9.17, 15) is 14.4 Å². The van der Waals surface area contributed by atoms with Crippen LogP contribution in [0, 0.1) is 11.3 Å². The maximum absolute atomic E-state index is 12.6. The molecule has 0 unspecified atom stereocenters. The number of aryl methyl sites for hydroxylation is 1. The molecule has 5 heteroatoms. The molecule has 0 N–H and O–H groups in total. The molecule has 1 aliphatic carbocycles. The predicted octanol–water partition coefficient (Wildman–Crippen LogP) is 2.83. The zero-order chi connectivity index (χ0) is 19.6. The number of carbonyl (C=O) groups excluding carboxylic acids is 3. The summed E-state index contributed by atoms with van der Waals surface area (Å²) >= 11 is 0. The summed E-state index contributed by atoms with van der Waals surface area (Å²) in [7, 11) is 0. The number of piperidine rings is 2. The van der Waals surface area contributed by atoms with E-state index in [2.05, 4.69) is 4.90 Å². The molecule has 2 aliphatic heterocycles. The summed E-state index contributed by atoms with van der Waals surface area (Å²) in [6.45, 7) is 3.04. The first-order valence-corrected chi connectivity index (χ1v) is 10.7. The number of amides is 2. The van der Waals surface area contributed by atoms with Crippen LogP contribution in [0.25, 0.3) is 0 Å². The highest BCUT2D eigenvalue weighted by molar-refractivity contribution is 6.36. The first-order valence-electron chi connectivity index (χ1n) is 10.7. The van der Waals surface area contributed by atoms with E-state index in [0.29, 0.717) is 37.8 Å². The molecule has 4 rings (SSSR count). The van der Waals surface area contributed by atoms with Crippen LogP contribution in [-0.2, 0) is 20.8 Å². The number of nitrogens with zero attached hydrogens (tertiary/aromatic N) is 2. The Morgan fingerprint density at radius 2 is 1.75 bits per heavy atom. The first kappa shape index (κ1) is 19.2. The third kappa shape index (κ3) is 4.45. The molecule has 150 valence electrons. The third-order valence-corrected chi connectivity index (χ3v) is 6.76. The fraction of sp³-hybridized carbons (Fsp3) is 0.609. The molecule has 28 heavy (non-hydrogen) atoms. The molecule has 0 atom stereocenters. The summed E-state index contributed by atoms with van der Waals surface area (Å²) < 4.78 is 0. The largest absolute Gasteiger partial charge is 0.342 e. The number of carbonyl (C=O) groups is 3. The van der Waals surface area contributed by atoms with Crippen LogP contribution in [0.3, 0.4) is 0 Å². The SMILES string of the molecule is O=C(CCc1ccccc1)C(=O)N1CCC2(CCC(=O)N(CC3CC3)C2)CC1. The number of hydrogen-bond donors (Lipinski definition) is 0. The second-order valence-electron chi connectivity index (χ2n) is 8.92. The number of rotatable bonds is 6. The zero-order valence-corrected chi connectivity index (χ0v) is 16.6. The first-order chi connectivity index (χ1) is 13.5. The lowest BCUT2D eigenvalue weighted by Gasteiger charge is -2.47. The number of ketones is 1. The fourth-order valence-corrected chi connectivity index (χ4v) is 4.66. The van der Waals surface area contributed by atoms with Gasteiger partial charge in [0.15, 0.2) is 0 Å². The van der Waals surface area contributed by atoms with Crippen molar-refractivity contribution in [2.24, 2.45) is 11.3 Å². The van der Waals surface area contributed by atoms with Crippen molar-refractivity contribution in [3.05, 3.63) is 35.9 Å². The maximum atomic E-state index is 12.6. The van der Waals surface area contributed by atoms with Crippen LogP contribution < -0.4 is 0 Å².